The van der Waals surface area contributed by atoms with Crippen molar-refractivity contribution in [2.45, 2.75) is 32.2 Å². The minimum atomic E-state index is -0.972. The number of carboxylic acid groups (broad SMARTS) is 1. The van der Waals surface area contributed by atoms with Gasteiger partial charge in [0.15, 0.2) is 5.13 Å². The first-order valence-corrected chi connectivity index (χ1v) is 11.8. The fraction of sp³-hybridized carbons (Fsp3) is 0.280. The lowest BCUT2D eigenvalue weighted by Crippen LogP contribution is -2.39. The van der Waals surface area contributed by atoms with E-state index in [0.717, 1.165) is 33.6 Å². The number of aromatic nitrogens is 1. The van der Waals surface area contributed by atoms with Gasteiger partial charge in [0.1, 0.15) is 11.5 Å². The maximum Gasteiger partial charge on any atom is 0.413 e. The molecule has 9 heteroatoms. The highest BCUT2D eigenvalue weighted by atomic mass is 32.1. The van der Waals surface area contributed by atoms with Gasteiger partial charge in [-0.2, -0.15) is 0 Å². The van der Waals surface area contributed by atoms with E-state index in [9.17, 15) is 14.4 Å². The van der Waals surface area contributed by atoms with Crippen molar-refractivity contribution in [3.8, 4) is 11.1 Å². The van der Waals surface area contributed by atoms with Crippen molar-refractivity contribution in [3.05, 3.63) is 70.7 Å². The van der Waals surface area contributed by atoms with Gasteiger partial charge in [0, 0.05) is 18.5 Å². The molecule has 0 spiro atoms. The highest BCUT2D eigenvalue weighted by molar-refractivity contribution is 7.17. The normalized spacial score (nSPS) is 13.0. The lowest BCUT2D eigenvalue weighted by atomic mass is 9.98. The predicted octanol–water partition coefficient (Wildman–Crippen LogP) is 4.83. The minimum Gasteiger partial charge on any atom is -0.481 e. The van der Waals surface area contributed by atoms with Gasteiger partial charge in [-0.1, -0.05) is 59.9 Å². The summed E-state index contributed by atoms with van der Waals surface area (Å²) >= 11 is 1.02. The lowest BCUT2D eigenvalue weighted by molar-refractivity contribution is -0.138. The largest absolute Gasteiger partial charge is 0.481 e. The van der Waals surface area contributed by atoms with Gasteiger partial charge in [0.05, 0.1) is 12.6 Å². The first-order valence-electron chi connectivity index (χ1n) is 11.0. The monoisotopic (exact) mass is 479 g/mol. The number of ether oxygens (including phenoxy) is 1. The molecule has 4 rings (SSSR count). The molecule has 0 fully saturated rings. The second kappa shape index (κ2) is 10.0. The van der Waals surface area contributed by atoms with E-state index in [1.165, 1.54) is 11.1 Å². The zero-order chi connectivity index (χ0) is 24.2. The smallest absolute Gasteiger partial charge is 0.413 e. The van der Waals surface area contributed by atoms with Gasteiger partial charge in [-0.05, 0) is 36.1 Å². The van der Waals surface area contributed by atoms with Crippen molar-refractivity contribution in [3.63, 3.8) is 0 Å². The van der Waals surface area contributed by atoms with Crippen LogP contribution in [0.15, 0.2) is 54.7 Å². The number of nitrogens with zero attached hydrogens (tertiary/aromatic N) is 2. The zero-order valence-electron chi connectivity index (χ0n) is 18.9. The first-order chi connectivity index (χ1) is 16.4. The molecule has 3 aromatic rings. The molecule has 1 heterocycles. The van der Waals surface area contributed by atoms with E-state index >= 15 is 0 Å². The van der Waals surface area contributed by atoms with E-state index in [0.29, 0.717) is 11.4 Å². The molecule has 34 heavy (non-hydrogen) atoms. The topological polar surface area (TPSA) is 109 Å². The molecule has 1 atom stereocenters. The number of aliphatic carboxylic acids is 1. The van der Waals surface area contributed by atoms with E-state index in [1.807, 2.05) is 36.4 Å². The van der Waals surface area contributed by atoms with Crippen molar-refractivity contribution < 1.29 is 24.2 Å². The van der Waals surface area contributed by atoms with Gasteiger partial charge in [-0.25, -0.2) is 9.78 Å². The van der Waals surface area contributed by atoms with Crippen molar-refractivity contribution in [1.82, 2.24) is 9.88 Å². The number of hydrogen-bond acceptors (Lipinski definition) is 6. The molecule has 2 amide bonds. The Morgan fingerprint density at radius 2 is 1.74 bits per heavy atom. The molecule has 0 radical (unpaired) electrons. The van der Waals surface area contributed by atoms with E-state index in [4.69, 9.17) is 9.84 Å². The average molecular weight is 480 g/mol. The minimum absolute atomic E-state index is 0.0552. The van der Waals surface area contributed by atoms with E-state index in [-0.39, 0.29) is 30.0 Å². The number of benzene rings is 2. The van der Waals surface area contributed by atoms with Crippen LogP contribution in [0, 0.1) is 0 Å². The standard InChI is InChI=1S/C25H25N3O5S/c1-3-28(15(2)12-22(29)30)23(31)21-13-26-24(34-21)27-25(32)33-14-20-18-10-6-4-8-16(18)17-9-5-7-11-19(17)20/h4-11,13,15,20H,3,12,14H2,1-2H3,(H,29,30)(H,26,27,32). The first kappa shape index (κ1) is 23.4. The molecule has 1 aromatic heterocycles. The zero-order valence-corrected chi connectivity index (χ0v) is 19.7. The number of nitrogens with one attached hydrogen (secondary N) is 1. The molecule has 1 aliphatic rings. The molecule has 1 aliphatic carbocycles. The van der Waals surface area contributed by atoms with Crippen molar-refractivity contribution in [2.75, 3.05) is 18.5 Å². The second-order valence-electron chi connectivity index (χ2n) is 8.02. The molecule has 2 aromatic carbocycles. The second-order valence-corrected chi connectivity index (χ2v) is 9.05. The van der Waals surface area contributed by atoms with Crippen LogP contribution in [0.1, 0.15) is 47.0 Å². The Morgan fingerprint density at radius 3 is 2.32 bits per heavy atom. The molecule has 1 unspecified atom stereocenters. The van der Waals surface area contributed by atoms with Crippen LogP contribution in [0.4, 0.5) is 9.93 Å². The van der Waals surface area contributed by atoms with Gasteiger partial charge in [0.25, 0.3) is 5.91 Å². The lowest BCUT2D eigenvalue weighted by Gasteiger charge is -2.26. The maximum atomic E-state index is 12.8. The van der Waals surface area contributed by atoms with Crippen LogP contribution in [0.2, 0.25) is 0 Å². The number of anilines is 1. The van der Waals surface area contributed by atoms with Crippen LogP contribution < -0.4 is 5.32 Å². The Bertz CT molecular complexity index is 1180. The highest BCUT2D eigenvalue weighted by Crippen LogP contribution is 2.44. The number of carbonyl (C=O) groups is 3. The number of carboxylic acids is 1. The summed E-state index contributed by atoms with van der Waals surface area (Å²) in [6, 6.07) is 15.7. The van der Waals surface area contributed by atoms with E-state index in [1.54, 1.807) is 13.8 Å². The molecular weight excluding hydrogens is 454 g/mol. The molecular formula is C25H25N3O5S. The highest BCUT2D eigenvalue weighted by Gasteiger charge is 2.29. The fourth-order valence-corrected chi connectivity index (χ4v) is 5.07. The number of amides is 2. The molecule has 0 saturated heterocycles. The van der Waals surface area contributed by atoms with Gasteiger partial charge >= 0.3 is 12.1 Å². The van der Waals surface area contributed by atoms with Crippen LogP contribution in [0.3, 0.4) is 0 Å². The van der Waals surface area contributed by atoms with Crippen molar-refractivity contribution in [1.29, 1.82) is 0 Å². The van der Waals surface area contributed by atoms with Crippen molar-refractivity contribution >= 4 is 34.4 Å². The predicted molar refractivity (Wildman–Crippen MR) is 129 cm³/mol. The Balaban J connectivity index is 1.39. The summed E-state index contributed by atoms with van der Waals surface area (Å²) in [7, 11) is 0. The van der Waals surface area contributed by atoms with Crippen LogP contribution in [0.25, 0.3) is 11.1 Å². The fourth-order valence-electron chi connectivity index (χ4n) is 4.31. The van der Waals surface area contributed by atoms with E-state index in [2.05, 4.69) is 22.4 Å². The number of thiazole rings is 1. The SMILES string of the molecule is CCN(C(=O)c1cnc(NC(=O)OCC2c3ccccc3-c3ccccc32)s1)C(C)CC(=O)O. The summed E-state index contributed by atoms with van der Waals surface area (Å²) < 4.78 is 5.52. The third-order valence-electron chi connectivity index (χ3n) is 5.87. The number of fused-ring (bicyclic) bond motifs is 3. The Morgan fingerprint density at radius 1 is 1.12 bits per heavy atom. The summed E-state index contributed by atoms with van der Waals surface area (Å²) in [6.07, 6.45) is 0.577. The third-order valence-corrected chi connectivity index (χ3v) is 6.77. The van der Waals surface area contributed by atoms with Crippen LogP contribution in [-0.2, 0) is 9.53 Å². The van der Waals surface area contributed by atoms with Gasteiger partial charge in [0.2, 0.25) is 0 Å². The number of hydrogen-bond donors (Lipinski definition) is 2. The summed E-state index contributed by atoms with van der Waals surface area (Å²) in [5, 5.41) is 11.8. The Hall–Kier alpha value is -3.72. The quantitative estimate of drug-likeness (QED) is 0.479. The van der Waals surface area contributed by atoms with Crippen LogP contribution >= 0.6 is 11.3 Å². The molecule has 8 nitrogen and oxygen atoms in total. The summed E-state index contributed by atoms with van der Waals surface area (Å²) in [5.74, 6) is -1.35. The maximum absolute atomic E-state index is 12.8. The molecule has 0 saturated carbocycles. The van der Waals surface area contributed by atoms with Crippen molar-refractivity contribution in [2.24, 2.45) is 0 Å². The Labute approximate surface area is 201 Å². The summed E-state index contributed by atoms with van der Waals surface area (Å²) in [5.41, 5.74) is 4.53. The molecule has 0 bridgehead atoms. The van der Waals surface area contributed by atoms with E-state index < -0.39 is 18.1 Å². The van der Waals surface area contributed by atoms with Crippen LogP contribution in [0.5, 0.6) is 0 Å². The summed E-state index contributed by atoms with van der Waals surface area (Å²) in [6.45, 7) is 4.01. The molecule has 176 valence electrons. The van der Waals surface area contributed by atoms with Gasteiger partial charge < -0.3 is 14.7 Å². The van der Waals surface area contributed by atoms with Gasteiger partial charge in [-0.3, -0.25) is 14.9 Å². The third kappa shape index (κ3) is 4.79. The molecule has 0 aliphatic heterocycles. The average Bonchev–Trinajstić information content (AvgIpc) is 3.40. The van der Waals surface area contributed by atoms with Crippen LogP contribution in [-0.4, -0.2) is 52.2 Å². The van der Waals surface area contributed by atoms with Gasteiger partial charge in [-0.15, -0.1) is 0 Å². The number of carbonyl (C=O) groups excluding carboxylic acids is 2. The molecule has 2 N–H and O–H groups in total. The Kier molecular flexibility index (Phi) is 6.93. The summed E-state index contributed by atoms with van der Waals surface area (Å²) in [4.78, 5) is 42.1. The number of rotatable bonds is 8.